The minimum absolute atomic E-state index is 0.111. The molecule has 0 spiro atoms. The van der Waals surface area contributed by atoms with Crippen LogP contribution in [0, 0.1) is 17.8 Å². The Morgan fingerprint density at radius 2 is 2.06 bits per heavy atom. The lowest BCUT2D eigenvalue weighted by molar-refractivity contribution is 0.280. The van der Waals surface area contributed by atoms with Gasteiger partial charge in [-0.3, -0.25) is 0 Å². The first-order valence-corrected chi connectivity index (χ1v) is 8.81. The molecule has 4 atom stereocenters. The Labute approximate surface area is 111 Å². The van der Waals surface area contributed by atoms with Crippen molar-refractivity contribution >= 4 is 10.0 Å². The summed E-state index contributed by atoms with van der Waals surface area (Å²) in [4.78, 5) is 0. The molecule has 0 aromatic carbocycles. The van der Waals surface area contributed by atoms with Gasteiger partial charge in [-0.1, -0.05) is 6.42 Å². The van der Waals surface area contributed by atoms with Crippen LogP contribution in [0.15, 0.2) is 0 Å². The summed E-state index contributed by atoms with van der Waals surface area (Å²) in [5, 5.41) is 2.98. The predicted molar refractivity (Wildman–Crippen MR) is 73.9 cm³/mol. The fourth-order valence-corrected chi connectivity index (χ4v) is 5.16. The van der Waals surface area contributed by atoms with Crippen molar-refractivity contribution in [3.8, 4) is 0 Å². The van der Waals surface area contributed by atoms with Crippen LogP contribution >= 0.6 is 0 Å². The molecule has 4 unspecified atom stereocenters. The first-order chi connectivity index (χ1) is 8.52. The van der Waals surface area contributed by atoms with Gasteiger partial charge in [0.1, 0.15) is 0 Å². The molecule has 2 saturated carbocycles. The smallest absolute Gasteiger partial charge is 0.211 e. The molecule has 0 amide bonds. The molecule has 0 aromatic heterocycles. The maximum Gasteiger partial charge on any atom is 0.211 e. The van der Waals surface area contributed by atoms with Crippen molar-refractivity contribution in [1.29, 1.82) is 0 Å². The second-order valence-electron chi connectivity index (χ2n) is 6.02. The Balaban J connectivity index is 1.81. The second-order valence-corrected chi connectivity index (χ2v) is 7.89. The molecule has 2 rings (SSSR count). The predicted octanol–water partition coefficient (Wildman–Crippen LogP) is 1.34. The minimum atomic E-state index is -3.10. The molecule has 2 bridgehead atoms. The maximum absolute atomic E-state index is 11.9. The molecule has 0 saturated heterocycles. The van der Waals surface area contributed by atoms with Crippen LogP contribution in [0.25, 0.3) is 0 Å². The van der Waals surface area contributed by atoms with E-state index < -0.39 is 10.0 Å². The zero-order valence-electron chi connectivity index (χ0n) is 11.5. The number of hydrogen-bond donors (Lipinski definition) is 2. The number of nitrogens with one attached hydrogen (secondary N) is 2. The van der Waals surface area contributed by atoms with Crippen molar-refractivity contribution in [2.45, 2.75) is 45.1 Å². The average Bonchev–Trinajstić information content (AvgIpc) is 2.90. The fraction of sp³-hybridized carbons (Fsp3) is 1.00. The summed E-state index contributed by atoms with van der Waals surface area (Å²) in [7, 11) is -1.25. The second kappa shape index (κ2) is 5.88. The summed E-state index contributed by atoms with van der Waals surface area (Å²) in [5.74, 6) is 2.45. The van der Waals surface area contributed by atoms with E-state index in [9.17, 15) is 8.42 Å². The lowest BCUT2D eigenvalue weighted by Gasteiger charge is -2.28. The van der Waals surface area contributed by atoms with E-state index in [1.54, 1.807) is 0 Å². The van der Waals surface area contributed by atoms with E-state index in [4.69, 9.17) is 0 Å². The molecular weight excluding hydrogens is 248 g/mol. The fourth-order valence-electron chi connectivity index (χ4n) is 3.77. The molecule has 0 radical (unpaired) electrons. The molecular formula is C13H26N2O2S. The summed E-state index contributed by atoms with van der Waals surface area (Å²) < 4.78 is 26.8. The maximum atomic E-state index is 11.9. The van der Waals surface area contributed by atoms with Gasteiger partial charge in [0.2, 0.25) is 10.0 Å². The monoisotopic (exact) mass is 274 g/mol. The van der Waals surface area contributed by atoms with Gasteiger partial charge in [-0.2, -0.15) is 0 Å². The molecule has 0 aromatic rings. The van der Waals surface area contributed by atoms with Gasteiger partial charge >= 0.3 is 0 Å². The van der Waals surface area contributed by atoms with Crippen LogP contribution in [0.2, 0.25) is 0 Å². The molecule has 2 aliphatic carbocycles. The van der Waals surface area contributed by atoms with Gasteiger partial charge in [0.15, 0.2) is 0 Å². The summed E-state index contributed by atoms with van der Waals surface area (Å²) in [5.41, 5.74) is 0. The SMILES string of the molecule is CNCCCS(=O)(=O)NC(C)C1CC2CCC1C2. The standard InChI is InChI=1S/C13H26N2O2S/c1-10(13-9-11-4-5-12(13)8-11)15-18(16,17)7-3-6-14-2/h10-15H,3-9H2,1-2H3. The number of sulfonamides is 1. The van der Waals surface area contributed by atoms with Crippen LogP contribution in [-0.4, -0.2) is 33.8 Å². The molecule has 2 aliphatic rings. The van der Waals surface area contributed by atoms with Crippen molar-refractivity contribution in [3.63, 3.8) is 0 Å². The summed E-state index contributed by atoms with van der Waals surface area (Å²) in [6.45, 7) is 2.80. The summed E-state index contributed by atoms with van der Waals surface area (Å²) >= 11 is 0. The van der Waals surface area contributed by atoms with Crippen LogP contribution in [0.3, 0.4) is 0 Å². The van der Waals surface area contributed by atoms with Crippen LogP contribution in [0.5, 0.6) is 0 Å². The number of rotatable bonds is 7. The first-order valence-electron chi connectivity index (χ1n) is 7.16. The van der Waals surface area contributed by atoms with Gasteiger partial charge in [0.25, 0.3) is 0 Å². The topological polar surface area (TPSA) is 58.2 Å². The van der Waals surface area contributed by atoms with Gasteiger partial charge in [0, 0.05) is 6.04 Å². The highest BCUT2D eigenvalue weighted by atomic mass is 32.2. The van der Waals surface area contributed by atoms with Gasteiger partial charge in [-0.25, -0.2) is 13.1 Å². The molecule has 2 N–H and O–H groups in total. The van der Waals surface area contributed by atoms with Crippen LogP contribution < -0.4 is 10.0 Å². The lowest BCUT2D eigenvalue weighted by Crippen LogP contribution is -2.41. The minimum Gasteiger partial charge on any atom is -0.320 e. The first kappa shape index (κ1) is 14.3. The van der Waals surface area contributed by atoms with Gasteiger partial charge in [-0.15, -0.1) is 0 Å². The average molecular weight is 274 g/mol. The summed E-state index contributed by atoms with van der Waals surface area (Å²) in [6.07, 6.45) is 5.90. The van der Waals surface area contributed by atoms with E-state index in [1.165, 1.54) is 25.7 Å². The Morgan fingerprint density at radius 1 is 1.28 bits per heavy atom. The molecule has 4 nitrogen and oxygen atoms in total. The van der Waals surface area contributed by atoms with Crippen LogP contribution in [0.1, 0.15) is 39.0 Å². The van der Waals surface area contributed by atoms with Crippen molar-refractivity contribution in [2.24, 2.45) is 17.8 Å². The third kappa shape index (κ3) is 3.45. The summed E-state index contributed by atoms with van der Waals surface area (Å²) in [6, 6.07) is 0.111. The molecule has 106 valence electrons. The van der Waals surface area contributed by atoms with Gasteiger partial charge in [-0.05, 0) is 64.0 Å². The molecule has 0 aliphatic heterocycles. The van der Waals surface area contributed by atoms with E-state index in [0.29, 0.717) is 12.3 Å². The van der Waals surface area contributed by atoms with E-state index in [-0.39, 0.29) is 11.8 Å². The van der Waals surface area contributed by atoms with E-state index >= 15 is 0 Å². The highest BCUT2D eigenvalue weighted by molar-refractivity contribution is 7.89. The van der Waals surface area contributed by atoms with E-state index in [2.05, 4.69) is 10.0 Å². The third-order valence-electron chi connectivity index (χ3n) is 4.64. The van der Waals surface area contributed by atoms with Crippen LogP contribution in [-0.2, 0) is 10.0 Å². The Hall–Kier alpha value is -0.130. The normalized spacial score (nSPS) is 32.9. The molecule has 0 heterocycles. The van der Waals surface area contributed by atoms with Crippen LogP contribution in [0.4, 0.5) is 0 Å². The lowest BCUT2D eigenvalue weighted by atomic mass is 9.84. The molecule has 5 heteroatoms. The molecule has 2 fully saturated rings. The van der Waals surface area contributed by atoms with E-state index in [1.807, 2.05) is 14.0 Å². The quantitative estimate of drug-likeness (QED) is 0.689. The van der Waals surface area contributed by atoms with Crippen molar-refractivity contribution in [2.75, 3.05) is 19.3 Å². The zero-order valence-corrected chi connectivity index (χ0v) is 12.3. The largest absolute Gasteiger partial charge is 0.320 e. The number of fused-ring (bicyclic) bond motifs is 2. The Morgan fingerprint density at radius 3 is 2.61 bits per heavy atom. The van der Waals surface area contributed by atoms with Crippen molar-refractivity contribution in [3.05, 3.63) is 0 Å². The van der Waals surface area contributed by atoms with Gasteiger partial charge in [0.05, 0.1) is 5.75 Å². The Bertz CT molecular complexity index is 369. The van der Waals surface area contributed by atoms with Gasteiger partial charge < -0.3 is 5.32 Å². The third-order valence-corrected chi connectivity index (χ3v) is 6.20. The highest BCUT2D eigenvalue weighted by Crippen LogP contribution is 2.49. The van der Waals surface area contributed by atoms with Crippen molar-refractivity contribution in [1.82, 2.24) is 10.0 Å². The Kier molecular flexibility index (Phi) is 4.67. The highest BCUT2D eigenvalue weighted by Gasteiger charge is 2.42. The number of hydrogen-bond acceptors (Lipinski definition) is 3. The van der Waals surface area contributed by atoms with Crippen molar-refractivity contribution < 1.29 is 8.42 Å². The van der Waals surface area contributed by atoms with E-state index in [0.717, 1.165) is 18.4 Å². The molecule has 18 heavy (non-hydrogen) atoms. The zero-order chi connectivity index (χ0) is 13.2.